The van der Waals surface area contributed by atoms with E-state index in [1.165, 1.54) is 10.2 Å². The van der Waals surface area contributed by atoms with Crippen LogP contribution in [0, 0.1) is 0 Å². The smallest absolute Gasteiger partial charge is 0.146 e. The molecule has 0 aliphatic carbocycles. The van der Waals surface area contributed by atoms with Crippen molar-refractivity contribution in [2.75, 3.05) is 21.1 Å². The third kappa shape index (κ3) is 2.04. The first-order valence-corrected chi connectivity index (χ1v) is 4.37. The SMILES string of the molecule is C[N+](C)(C)c1ccccc1Br. The van der Waals surface area contributed by atoms with Crippen LogP contribution in [0.2, 0.25) is 0 Å². The largest absolute Gasteiger partial charge is 0.297 e. The van der Waals surface area contributed by atoms with Gasteiger partial charge in [-0.05, 0) is 22.0 Å². The van der Waals surface area contributed by atoms with Gasteiger partial charge in [-0.1, -0.05) is 12.1 Å². The summed E-state index contributed by atoms with van der Waals surface area (Å²) in [6, 6.07) is 8.29. The average molecular weight is 215 g/mol. The van der Waals surface area contributed by atoms with Crippen molar-refractivity contribution >= 4 is 21.6 Å². The van der Waals surface area contributed by atoms with E-state index in [4.69, 9.17) is 0 Å². The van der Waals surface area contributed by atoms with Crippen LogP contribution in [0.15, 0.2) is 28.7 Å². The summed E-state index contributed by atoms with van der Waals surface area (Å²) in [4.78, 5) is 0. The van der Waals surface area contributed by atoms with E-state index in [9.17, 15) is 0 Å². The molecule has 0 spiro atoms. The van der Waals surface area contributed by atoms with Gasteiger partial charge in [0.05, 0.1) is 25.6 Å². The van der Waals surface area contributed by atoms with Gasteiger partial charge in [0.15, 0.2) is 0 Å². The molecule has 0 N–H and O–H groups in total. The zero-order valence-electron chi connectivity index (χ0n) is 7.13. The second-order valence-corrected chi connectivity index (χ2v) is 4.32. The second-order valence-electron chi connectivity index (χ2n) is 3.46. The Bertz CT molecular complexity index is 250. The molecule has 0 aliphatic rings. The van der Waals surface area contributed by atoms with Gasteiger partial charge in [0.25, 0.3) is 0 Å². The highest BCUT2D eigenvalue weighted by molar-refractivity contribution is 9.10. The van der Waals surface area contributed by atoms with Crippen molar-refractivity contribution in [2.24, 2.45) is 0 Å². The maximum Gasteiger partial charge on any atom is 0.146 e. The topological polar surface area (TPSA) is 0 Å². The van der Waals surface area contributed by atoms with Crippen LogP contribution in [0.3, 0.4) is 0 Å². The molecule has 1 aromatic carbocycles. The molecule has 0 bridgehead atoms. The number of benzene rings is 1. The molecular weight excluding hydrogens is 202 g/mol. The van der Waals surface area contributed by atoms with Crippen molar-refractivity contribution in [1.29, 1.82) is 0 Å². The van der Waals surface area contributed by atoms with Gasteiger partial charge in [-0.15, -0.1) is 0 Å². The molecule has 0 saturated heterocycles. The van der Waals surface area contributed by atoms with Crippen LogP contribution >= 0.6 is 15.9 Å². The van der Waals surface area contributed by atoms with Crippen LogP contribution in [-0.4, -0.2) is 21.1 Å². The van der Waals surface area contributed by atoms with E-state index < -0.39 is 0 Å². The number of para-hydroxylation sites is 1. The highest BCUT2D eigenvalue weighted by Gasteiger charge is 2.14. The summed E-state index contributed by atoms with van der Waals surface area (Å²) in [6.45, 7) is 0. The summed E-state index contributed by atoms with van der Waals surface area (Å²) >= 11 is 3.52. The van der Waals surface area contributed by atoms with Gasteiger partial charge in [0, 0.05) is 6.07 Å². The van der Waals surface area contributed by atoms with Crippen LogP contribution in [0.1, 0.15) is 0 Å². The number of hydrogen-bond donors (Lipinski definition) is 0. The fourth-order valence-corrected chi connectivity index (χ4v) is 1.81. The van der Waals surface area contributed by atoms with Crippen LogP contribution in [-0.2, 0) is 0 Å². The number of hydrogen-bond acceptors (Lipinski definition) is 0. The molecule has 0 fully saturated rings. The van der Waals surface area contributed by atoms with Gasteiger partial charge < -0.3 is 0 Å². The summed E-state index contributed by atoms with van der Waals surface area (Å²) in [5.74, 6) is 0. The summed E-state index contributed by atoms with van der Waals surface area (Å²) in [7, 11) is 6.46. The summed E-state index contributed by atoms with van der Waals surface area (Å²) in [5.41, 5.74) is 1.30. The Kier molecular flexibility index (Phi) is 2.35. The monoisotopic (exact) mass is 214 g/mol. The molecule has 1 rings (SSSR count). The first-order chi connectivity index (χ1) is 5.02. The van der Waals surface area contributed by atoms with Crippen molar-refractivity contribution in [2.45, 2.75) is 0 Å². The maximum absolute atomic E-state index is 3.52. The Hall–Kier alpha value is -0.340. The molecule has 0 amide bonds. The minimum Gasteiger partial charge on any atom is -0.297 e. The van der Waals surface area contributed by atoms with Gasteiger partial charge in [0.1, 0.15) is 5.69 Å². The summed E-state index contributed by atoms with van der Waals surface area (Å²) in [6.07, 6.45) is 0. The van der Waals surface area contributed by atoms with Gasteiger partial charge in [-0.3, -0.25) is 4.48 Å². The molecule has 1 aromatic rings. The van der Waals surface area contributed by atoms with Crippen LogP contribution in [0.5, 0.6) is 0 Å². The zero-order valence-corrected chi connectivity index (χ0v) is 8.72. The zero-order chi connectivity index (χ0) is 8.48. The normalized spacial score (nSPS) is 11.6. The van der Waals surface area contributed by atoms with E-state index in [0.29, 0.717) is 0 Å². The minimum atomic E-state index is 0.849. The van der Waals surface area contributed by atoms with Crippen molar-refractivity contribution in [3.8, 4) is 0 Å². The molecule has 0 unspecified atom stereocenters. The molecule has 60 valence electrons. The molecule has 2 heteroatoms. The lowest BCUT2D eigenvalue weighted by molar-refractivity contribution is 0.484. The molecule has 0 saturated carbocycles. The predicted octanol–water partition coefficient (Wildman–Crippen LogP) is 2.65. The molecule has 11 heavy (non-hydrogen) atoms. The number of nitrogens with zero attached hydrogens (tertiary/aromatic N) is 1. The maximum atomic E-state index is 3.52. The van der Waals surface area contributed by atoms with Crippen molar-refractivity contribution < 1.29 is 0 Å². The Morgan fingerprint density at radius 2 is 1.64 bits per heavy atom. The fourth-order valence-electron chi connectivity index (χ4n) is 0.996. The van der Waals surface area contributed by atoms with Crippen LogP contribution < -0.4 is 4.48 Å². The van der Waals surface area contributed by atoms with E-state index in [1.807, 2.05) is 6.07 Å². The van der Waals surface area contributed by atoms with E-state index >= 15 is 0 Å². The molecule has 0 atom stereocenters. The minimum absolute atomic E-state index is 0.849. The molecule has 0 heterocycles. The van der Waals surface area contributed by atoms with E-state index in [-0.39, 0.29) is 0 Å². The van der Waals surface area contributed by atoms with Crippen LogP contribution in [0.25, 0.3) is 0 Å². The van der Waals surface area contributed by atoms with Gasteiger partial charge in [0.2, 0.25) is 0 Å². The van der Waals surface area contributed by atoms with Gasteiger partial charge in [-0.25, -0.2) is 0 Å². The first kappa shape index (κ1) is 8.75. The Morgan fingerprint density at radius 3 is 2.00 bits per heavy atom. The van der Waals surface area contributed by atoms with Gasteiger partial charge in [-0.2, -0.15) is 0 Å². The molecule has 1 nitrogen and oxygen atoms in total. The summed E-state index contributed by atoms with van der Waals surface area (Å²) < 4.78 is 2.02. The third-order valence-electron chi connectivity index (χ3n) is 1.58. The lowest BCUT2D eigenvalue weighted by Gasteiger charge is -2.24. The molecule has 0 aromatic heterocycles. The third-order valence-corrected chi connectivity index (χ3v) is 2.25. The highest BCUT2D eigenvalue weighted by atomic mass is 79.9. The predicted molar refractivity (Wildman–Crippen MR) is 53.7 cm³/mol. The molecule has 0 aliphatic heterocycles. The molecule has 0 radical (unpaired) electrons. The Balaban J connectivity index is 3.14. The first-order valence-electron chi connectivity index (χ1n) is 3.58. The van der Waals surface area contributed by atoms with Crippen molar-refractivity contribution in [3.05, 3.63) is 28.7 Å². The highest BCUT2D eigenvalue weighted by Crippen LogP contribution is 2.26. The number of halogens is 1. The van der Waals surface area contributed by atoms with E-state index in [2.05, 4.69) is 55.3 Å². The van der Waals surface area contributed by atoms with E-state index in [1.54, 1.807) is 0 Å². The lowest BCUT2D eigenvalue weighted by atomic mass is 10.3. The van der Waals surface area contributed by atoms with Gasteiger partial charge >= 0.3 is 0 Å². The quantitative estimate of drug-likeness (QED) is 0.632. The fraction of sp³-hybridized carbons (Fsp3) is 0.333. The second kappa shape index (κ2) is 2.95. The summed E-state index contributed by atoms with van der Waals surface area (Å²) in [5, 5.41) is 0. The average Bonchev–Trinajstić information content (AvgIpc) is 1.86. The van der Waals surface area contributed by atoms with E-state index in [0.717, 1.165) is 4.48 Å². The Labute approximate surface area is 76.4 Å². The number of rotatable bonds is 1. The van der Waals surface area contributed by atoms with Crippen molar-refractivity contribution in [3.63, 3.8) is 0 Å². The number of quaternary nitrogens is 1. The standard InChI is InChI=1S/C9H13BrN/c1-11(2,3)9-7-5-4-6-8(9)10/h4-7H,1-3H3/q+1. The van der Waals surface area contributed by atoms with Crippen molar-refractivity contribution in [1.82, 2.24) is 4.48 Å². The van der Waals surface area contributed by atoms with Crippen LogP contribution in [0.4, 0.5) is 5.69 Å². The molecular formula is C9H13BrN+. The Morgan fingerprint density at radius 1 is 1.09 bits per heavy atom. The lowest BCUT2D eigenvalue weighted by Crippen LogP contribution is -2.34.